The fourth-order valence-electron chi connectivity index (χ4n) is 0.338. The molecule has 4 heteroatoms. The van der Waals surface area contributed by atoms with Crippen molar-refractivity contribution >= 4 is 0 Å². The zero-order valence-electron chi connectivity index (χ0n) is 3.78. The fourth-order valence-corrected chi connectivity index (χ4v) is 0.338. The fraction of sp³-hybridized carbons (Fsp3) is 0.333. The molecule has 4 nitrogen and oxygen atoms in total. The molecule has 0 bridgehead atoms. The van der Waals surface area contributed by atoms with E-state index in [1.54, 1.807) is 12.4 Å². The SMILES string of the molecule is NCn1nccn1. The summed E-state index contributed by atoms with van der Waals surface area (Å²) in [5.74, 6) is 0. The first kappa shape index (κ1) is 4.26. The lowest BCUT2D eigenvalue weighted by atomic mass is 11.0. The number of hydrogen-bond donors (Lipinski definition) is 1. The predicted octanol–water partition coefficient (Wildman–Crippen LogP) is -0.806. The third kappa shape index (κ3) is 0.747. The van der Waals surface area contributed by atoms with Crippen LogP contribution in [-0.4, -0.2) is 15.0 Å². The van der Waals surface area contributed by atoms with E-state index < -0.39 is 0 Å². The standard InChI is InChI=1S/C3H6N4/c4-3-7-5-1-2-6-7/h1-2H,3-4H2. The van der Waals surface area contributed by atoms with Crippen molar-refractivity contribution in [2.24, 2.45) is 5.73 Å². The monoisotopic (exact) mass is 98.1 g/mol. The summed E-state index contributed by atoms with van der Waals surface area (Å²) in [4.78, 5) is 1.40. The van der Waals surface area contributed by atoms with Gasteiger partial charge in [0.2, 0.25) is 0 Å². The molecular weight excluding hydrogens is 92.1 g/mol. The second kappa shape index (κ2) is 1.70. The third-order valence-electron chi connectivity index (χ3n) is 0.630. The molecule has 0 aliphatic rings. The van der Waals surface area contributed by atoms with Crippen molar-refractivity contribution in [1.29, 1.82) is 0 Å². The van der Waals surface area contributed by atoms with Gasteiger partial charge < -0.3 is 5.73 Å². The Morgan fingerprint density at radius 2 is 2.00 bits per heavy atom. The molecule has 38 valence electrons. The van der Waals surface area contributed by atoms with Gasteiger partial charge in [-0.3, -0.25) is 0 Å². The van der Waals surface area contributed by atoms with Gasteiger partial charge in [0.15, 0.2) is 0 Å². The Hall–Kier alpha value is -0.900. The highest BCUT2D eigenvalue weighted by Gasteiger charge is 1.78. The van der Waals surface area contributed by atoms with Crippen molar-refractivity contribution in [3.8, 4) is 0 Å². The molecule has 0 atom stereocenters. The molecule has 1 aromatic heterocycles. The molecule has 0 amide bonds. The predicted molar refractivity (Wildman–Crippen MR) is 24.2 cm³/mol. The van der Waals surface area contributed by atoms with Gasteiger partial charge in [-0.05, 0) is 0 Å². The highest BCUT2D eigenvalue weighted by molar-refractivity contribution is 4.58. The van der Waals surface area contributed by atoms with Crippen LogP contribution in [-0.2, 0) is 6.67 Å². The van der Waals surface area contributed by atoms with Crippen molar-refractivity contribution in [3.63, 3.8) is 0 Å². The van der Waals surface area contributed by atoms with E-state index in [9.17, 15) is 0 Å². The summed E-state index contributed by atoms with van der Waals surface area (Å²) in [6.07, 6.45) is 3.18. The Kier molecular flexibility index (Phi) is 1.04. The van der Waals surface area contributed by atoms with Crippen LogP contribution in [0.5, 0.6) is 0 Å². The molecule has 0 saturated heterocycles. The summed E-state index contributed by atoms with van der Waals surface area (Å²) in [6.45, 7) is 0.354. The number of hydrogen-bond acceptors (Lipinski definition) is 3. The van der Waals surface area contributed by atoms with Crippen LogP contribution < -0.4 is 5.73 Å². The molecule has 2 N–H and O–H groups in total. The van der Waals surface area contributed by atoms with Gasteiger partial charge in [-0.1, -0.05) is 0 Å². The number of nitrogens with two attached hydrogens (primary N) is 1. The van der Waals surface area contributed by atoms with E-state index in [0.717, 1.165) is 0 Å². The maximum absolute atomic E-state index is 5.13. The Labute approximate surface area is 40.9 Å². The van der Waals surface area contributed by atoms with E-state index >= 15 is 0 Å². The Morgan fingerprint density at radius 3 is 2.29 bits per heavy atom. The summed E-state index contributed by atoms with van der Waals surface area (Å²) in [6, 6.07) is 0. The minimum Gasteiger partial charge on any atom is -0.311 e. The van der Waals surface area contributed by atoms with E-state index in [2.05, 4.69) is 10.2 Å². The van der Waals surface area contributed by atoms with E-state index in [1.807, 2.05) is 0 Å². The van der Waals surface area contributed by atoms with Crippen molar-refractivity contribution in [3.05, 3.63) is 12.4 Å². The Morgan fingerprint density at radius 1 is 1.43 bits per heavy atom. The lowest BCUT2D eigenvalue weighted by Crippen LogP contribution is -2.09. The largest absolute Gasteiger partial charge is 0.311 e. The molecule has 1 heterocycles. The van der Waals surface area contributed by atoms with Gasteiger partial charge >= 0.3 is 0 Å². The highest BCUT2D eigenvalue weighted by Crippen LogP contribution is 1.68. The average molecular weight is 98.1 g/mol. The summed E-state index contributed by atoms with van der Waals surface area (Å²) in [5.41, 5.74) is 5.13. The zero-order valence-corrected chi connectivity index (χ0v) is 3.78. The molecule has 0 unspecified atom stereocenters. The van der Waals surface area contributed by atoms with Gasteiger partial charge in [0.25, 0.3) is 0 Å². The second-order valence-corrected chi connectivity index (χ2v) is 1.08. The maximum atomic E-state index is 5.13. The average Bonchev–Trinajstić information content (AvgIpc) is 2.14. The minimum absolute atomic E-state index is 0.354. The first-order chi connectivity index (χ1) is 3.43. The Balaban J connectivity index is 2.76. The van der Waals surface area contributed by atoms with Crippen LogP contribution in [0, 0.1) is 0 Å². The lowest BCUT2D eigenvalue weighted by molar-refractivity contribution is 0.553. The van der Waals surface area contributed by atoms with Gasteiger partial charge in [0, 0.05) is 0 Å². The van der Waals surface area contributed by atoms with Gasteiger partial charge in [-0.2, -0.15) is 15.0 Å². The summed E-state index contributed by atoms with van der Waals surface area (Å²) in [5, 5.41) is 7.43. The zero-order chi connectivity index (χ0) is 5.11. The first-order valence-corrected chi connectivity index (χ1v) is 1.97. The van der Waals surface area contributed by atoms with Crippen LogP contribution >= 0.6 is 0 Å². The summed E-state index contributed by atoms with van der Waals surface area (Å²) < 4.78 is 0. The van der Waals surface area contributed by atoms with Crippen LogP contribution in [0.4, 0.5) is 0 Å². The van der Waals surface area contributed by atoms with Gasteiger partial charge in [-0.15, -0.1) is 0 Å². The smallest absolute Gasteiger partial charge is 0.108 e. The molecule has 0 spiro atoms. The maximum Gasteiger partial charge on any atom is 0.108 e. The molecule has 1 aromatic rings. The van der Waals surface area contributed by atoms with Crippen molar-refractivity contribution in [1.82, 2.24) is 15.0 Å². The Bertz CT molecular complexity index is 121. The first-order valence-electron chi connectivity index (χ1n) is 1.97. The molecule has 0 fully saturated rings. The molecule has 1 rings (SSSR count). The van der Waals surface area contributed by atoms with Crippen molar-refractivity contribution in [2.75, 3.05) is 0 Å². The number of nitrogens with zero attached hydrogens (tertiary/aromatic N) is 3. The molecular formula is C3H6N4. The van der Waals surface area contributed by atoms with E-state index in [0.29, 0.717) is 6.67 Å². The normalized spacial score (nSPS) is 9.29. The quantitative estimate of drug-likeness (QED) is 0.500. The second-order valence-electron chi connectivity index (χ2n) is 1.08. The summed E-state index contributed by atoms with van der Waals surface area (Å²) in [7, 11) is 0. The molecule has 7 heavy (non-hydrogen) atoms. The van der Waals surface area contributed by atoms with Crippen LogP contribution in [0.2, 0.25) is 0 Å². The number of rotatable bonds is 1. The number of aromatic nitrogens is 3. The van der Waals surface area contributed by atoms with Gasteiger partial charge in [-0.25, -0.2) is 0 Å². The van der Waals surface area contributed by atoms with Crippen LogP contribution in [0.3, 0.4) is 0 Å². The van der Waals surface area contributed by atoms with Crippen molar-refractivity contribution < 1.29 is 0 Å². The summed E-state index contributed by atoms with van der Waals surface area (Å²) >= 11 is 0. The lowest BCUT2D eigenvalue weighted by Gasteiger charge is -1.85. The topological polar surface area (TPSA) is 56.7 Å². The molecule has 0 aliphatic heterocycles. The molecule has 0 radical (unpaired) electrons. The van der Waals surface area contributed by atoms with Crippen LogP contribution in [0.1, 0.15) is 0 Å². The van der Waals surface area contributed by atoms with E-state index in [4.69, 9.17) is 5.73 Å². The van der Waals surface area contributed by atoms with E-state index in [-0.39, 0.29) is 0 Å². The van der Waals surface area contributed by atoms with Gasteiger partial charge in [0.1, 0.15) is 6.67 Å². The van der Waals surface area contributed by atoms with Gasteiger partial charge in [0.05, 0.1) is 12.4 Å². The van der Waals surface area contributed by atoms with Crippen LogP contribution in [0.15, 0.2) is 12.4 Å². The third-order valence-corrected chi connectivity index (χ3v) is 0.630. The molecule has 0 aliphatic carbocycles. The van der Waals surface area contributed by atoms with Crippen molar-refractivity contribution in [2.45, 2.75) is 6.67 Å². The highest BCUT2D eigenvalue weighted by atomic mass is 15.5. The molecule has 0 aromatic carbocycles. The minimum atomic E-state index is 0.354. The molecule has 0 saturated carbocycles. The van der Waals surface area contributed by atoms with E-state index in [1.165, 1.54) is 4.80 Å². The van der Waals surface area contributed by atoms with Crippen LogP contribution in [0.25, 0.3) is 0 Å².